The summed E-state index contributed by atoms with van der Waals surface area (Å²) in [4.78, 5) is 31.7. The van der Waals surface area contributed by atoms with Gasteiger partial charge < -0.3 is 24.9 Å². The molecule has 1 fully saturated rings. The zero-order chi connectivity index (χ0) is 19.1. The Balaban J connectivity index is 0.00000364. The summed E-state index contributed by atoms with van der Waals surface area (Å²) in [6.45, 7) is 7.89. The molecule has 0 bridgehead atoms. The molecule has 0 spiro atoms. The molecule has 146 valence electrons. The Morgan fingerprint density at radius 3 is 2.63 bits per heavy atom. The van der Waals surface area contributed by atoms with Gasteiger partial charge in [-0.25, -0.2) is 9.78 Å². The van der Waals surface area contributed by atoms with Crippen LogP contribution in [-0.4, -0.2) is 72.7 Å². The van der Waals surface area contributed by atoms with Crippen molar-refractivity contribution in [3.63, 3.8) is 0 Å². The topological polar surface area (TPSA) is 97.8 Å². The number of aliphatic carboxylic acids is 1. The number of nitrogens with zero attached hydrogens (tertiary/aromatic N) is 3. The van der Waals surface area contributed by atoms with Gasteiger partial charge in [0.05, 0.1) is 42.5 Å². The summed E-state index contributed by atoms with van der Waals surface area (Å²) in [7, 11) is 1.62. The molecule has 27 heavy (non-hydrogen) atoms. The van der Waals surface area contributed by atoms with E-state index in [1.807, 2.05) is 5.38 Å². The predicted molar refractivity (Wildman–Crippen MR) is 96.9 cm³/mol. The molecule has 10 heteroatoms. The maximum atomic E-state index is 12.3. The molecule has 1 saturated heterocycles. The first-order chi connectivity index (χ1) is 12.4. The molecule has 0 aliphatic carbocycles. The summed E-state index contributed by atoms with van der Waals surface area (Å²) < 4.78 is 5.27. The maximum Gasteiger partial charge on any atom is 1.00 e. The van der Waals surface area contributed by atoms with Crippen molar-refractivity contribution in [2.24, 2.45) is 0 Å². The summed E-state index contributed by atoms with van der Waals surface area (Å²) in [5, 5.41) is 16.9. The minimum Gasteiger partial charge on any atom is -0.548 e. The molecule has 0 unspecified atom stereocenters. The second kappa shape index (κ2) is 12.5. The van der Waals surface area contributed by atoms with Crippen molar-refractivity contribution < 1.29 is 70.8 Å². The van der Waals surface area contributed by atoms with Gasteiger partial charge in [0.15, 0.2) is 0 Å². The first-order valence-electron chi connectivity index (χ1n) is 8.83. The number of rotatable bonds is 8. The van der Waals surface area contributed by atoms with E-state index < -0.39 is 18.0 Å². The van der Waals surface area contributed by atoms with Gasteiger partial charge >= 0.3 is 57.4 Å². The first-order valence-corrected chi connectivity index (χ1v) is 9.71. The fourth-order valence-electron chi connectivity index (χ4n) is 2.62. The van der Waals surface area contributed by atoms with Crippen LogP contribution in [0.15, 0.2) is 5.38 Å². The average Bonchev–Trinajstić information content (AvgIpc) is 3.07. The van der Waals surface area contributed by atoms with Crippen LogP contribution in [0.1, 0.15) is 36.9 Å². The summed E-state index contributed by atoms with van der Waals surface area (Å²) in [5.74, 6) is -0.925. The van der Waals surface area contributed by atoms with Gasteiger partial charge in [-0.2, -0.15) is 0 Å². The quantitative estimate of drug-likeness (QED) is 0.456. The summed E-state index contributed by atoms with van der Waals surface area (Å²) in [5.41, 5.74) is 0.801. The molecule has 2 rings (SSSR count). The maximum absolute atomic E-state index is 12.3. The van der Waals surface area contributed by atoms with Crippen LogP contribution in [0.4, 0.5) is 4.79 Å². The number of thiazole rings is 1. The van der Waals surface area contributed by atoms with Crippen LogP contribution in [0.2, 0.25) is 0 Å². The van der Waals surface area contributed by atoms with Crippen LogP contribution in [0.3, 0.4) is 0 Å². The Bertz CT molecular complexity index is 608. The molecular weight excluding hydrogens is 395 g/mol. The molecule has 1 atom stereocenters. The fourth-order valence-corrected chi connectivity index (χ4v) is 3.45. The molecular formula is C17H27KN4O4S. The van der Waals surface area contributed by atoms with Crippen molar-refractivity contribution in [3.8, 4) is 0 Å². The number of carboxylic acid groups (broad SMARTS) is 1. The molecule has 0 aromatic carbocycles. The van der Waals surface area contributed by atoms with Crippen LogP contribution < -0.4 is 61.8 Å². The smallest absolute Gasteiger partial charge is 0.548 e. The number of carboxylic acids is 1. The predicted octanol–water partition coefficient (Wildman–Crippen LogP) is -2.75. The van der Waals surface area contributed by atoms with Crippen molar-refractivity contribution >= 4 is 23.3 Å². The van der Waals surface area contributed by atoms with Gasteiger partial charge in [-0.15, -0.1) is 11.3 Å². The zero-order valence-corrected chi connectivity index (χ0v) is 20.5. The van der Waals surface area contributed by atoms with Crippen LogP contribution >= 0.6 is 11.3 Å². The van der Waals surface area contributed by atoms with E-state index >= 15 is 0 Å². The Hall–Kier alpha value is -0.0736. The van der Waals surface area contributed by atoms with E-state index in [2.05, 4.69) is 29.0 Å². The molecule has 1 aromatic rings. The van der Waals surface area contributed by atoms with Gasteiger partial charge in [-0.1, -0.05) is 13.8 Å². The van der Waals surface area contributed by atoms with E-state index in [1.54, 1.807) is 18.4 Å². The van der Waals surface area contributed by atoms with Crippen molar-refractivity contribution in [3.05, 3.63) is 16.1 Å². The Labute approximate surface area is 207 Å². The number of carbonyl (C=O) groups excluding carboxylic acids is 2. The number of amides is 2. The molecule has 0 saturated carbocycles. The summed E-state index contributed by atoms with van der Waals surface area (Å²) in [6, 6.07) is -1.46. The molecule has 2 amide bonds. The van der Waals surface area contributed by atoms with E-state index in [0.29, 0.717) is 38.6 Å². The second-order valence-electron chi connectivity index (χ2n) is 6.75. The van der Waals surface area contributed by atoms with Crippen molar-refractivity contribution in [2.45, 2.75) is 38.8 Å². The Morgan fingerprint density at radius 2 is 2.07 bits per heavy atom. The fraction of sp³-hybridized carbons (Fsp3) is 0.706. The standard InChI is InChI=1S/C17H28N4O4S.K/c1-12(2)15-18-13(11-26-15)10-20(3)17(24)19-14(16(22)23)4-5-21-6-8-25-9-7-21;/h11-12,14H,4-10H2,1-3H3,(H,19,24)(H,22,23);/q;+1/p-1/t14-;/m0./s1. The Morgan fingerprint density at radius 1 is 1.41 bits per heavy atom. The average molecular weight is 423 g/mol. The number of hydrogen-bond acceptors (Lipinski definition) is 7. The number of morpholine rings is 1. The van der Waals surface area contributed by atoms with Gasteiger partial charge in [0.2, 0.25) is 0 Å². The molecule has 1 aliphatic heterocycles. The Kier molecular flexibility index (Phi) is 11.5. The van der Waals surface area contributed by atoms with E-state index in [9.17, 15) is 14.7 Å². The van der Waals surface area contributed by atoms with Crippen LogP contribution in [0.25, 0.3) is 0 Å². The number of urea groups is 1. The van der Waals surface area contributed by atoms with E-state index in [0.717, 1.165) is 23.8 Å². The third-order valence-electron chi connectivity index (χ3n) is 4.23. The van der Waals surface area contributed by atoms with Crippen molar-refractivity contribution in [1.82, 2.24) is 20.1 Å². The molecule has 8 nitrogen and oxygen atoms in total. The summed E-state index contributed by atoms with van der Waals surface area (Å²) >= 11 is 1.56. The first kappa shape index (κ1) is 25.0. The van der Waals surface area contributed by atoms with Gasteiger partial charge in [0.1, 0.15) is 0 Å². The summed E-state index contributed by atoms with van der Waals surface area (Å²) in [6.07, 6.45) is 0.302. The molecule has 1 aliphatic rings. The van der Waals surface area contributed by atoms with Gasteiger partial charge in [0, 0.05) is 38.0 Å². The van der Waals surface area contributed by atoms with Crippen molar-refractivity contribution in [1.29, 1.82) is 0 Å². The number of nitrogens with one attached hydrogen (secondary N) is 1. The molecule has 1 N–H and O–H groups in total. The number of ether oxygens (including phenoxy) is 1. The van der Waals surface area contributed by atoms with Crippen LogP contribution in [0, 0.1) is 0 Å². The number of hydrogen-bond donors (Lipinski definition) is 1. The largest absolute Gasteiger partial charge is 1.00 e. The van der Waals surface area contributed by atoms with E-state index in [1.165, 1.54) is 4.90 Å². The zero-order valence-electron chi connectivity index (χ0n) is 16.6. The number of aromatic nitrogens is 1. The van der Waals surface area contributed by atoms with Crippen LogP contribution in [0.5, 0.6) is 0 Å². The number of carbonyl (C=O) groups is 2. The third-order valence-corrected chi connectivity index (χ3v) is 5.42. The molecule has 2 heterocycles. The SMILES string of the molecule is CC(C)c1nc(CN(C)C(=O)N[C@@H](CCN2CCOCC2)C(=O)[O-])cs1.[K+]. The van der Waals surface area contributed by atoms with E-state index in [-0.39, 0.29) is 51.4 Å². The minimum absolute atomic E-state index is 0. The van der Waals surface area contributed by atoms with Crippen LogP contribution in [-0.2, 0) is 16.1 Å². The monoisotopic (exact) mass is 422 g/mol. The van der Waals surface area contributed by atoms with Gasteiger partial charge in [0.25, 0.3) is 0 Å². The minimum atomic E-state index is -1.27. The molecule has 0 radical (unpaired) electrons. The van der Waals surface area contributed by atoms with Gasteiger partial charge in [-0.3, -0.25) is 4.90 Å². The van der Waals surface area contributed by atoms with E-state index in [4.69, 9.17) is 4.74 Å². The normalized spacial score (nSPS) is 15.9. The van der Waals surface area contributed by atoms with Gasteiger partial charge in [-0.05, 0) is 6.42 Å². The third kappa shape index (κ3) is 8.44. The molecule has 1 aromatic heterocycles. The van der Waals surface area contributed by atoms with Crippen molar-refractivity contribution in [2.75, 3.05) is 39.9 Å². The second-order valence-corrected chi connectivity index (χ2v) is 7.64.